The molecule has 1 aliphatic heterocycles. The Morgan fingerprint density at radius 2 is 1.86 bits per heavy atom. The van der Waals surface area contributed by atoms with Crippen LogP contribution < -0.4 is 16.8 Å². The van der Waals surface area contributed by atoms with E-state index >= 15 is 0 Å². The number of nitrogen functional groups attached to an aromatic ring is 2. The summed E-state index contributed by atoms with van der Waals surface area (Å²) in [5.74, 6) is -0.00501. The molecular formula is C23H29F3N8O. The Hall–Kier alpha value is -3.54. The molecule has 4 rings (SSSR count). The van der Waals surface area contributed by atoms with E-state index in [4.69, 9.17) is 21.4 Å². The lowest BCUT2D eigenvalue weighted by atomic mass is 9.93. The number of hydrogen-bond acceptors (Lipinski definition) is 9. The number of nitrogens with zero attached hydrogens (tertiary/aromatic N) is 4. The van der Waals surface area contributed by atoms with E-state index in [1.54, 1.807) is 13.8 Å². The van der Waals surface area contributed by atoms with Crippen LogP contribution in [0.3, 0.4) is 0 Å². The van der Waals surface area contributed by atoms with Crippen LogP contribution in [0.15, 0.2) is 22.9 Å². The van der Waals surface area contributed by atoms with Gasteiger partial charge in [-0.15, -0.1) is 0 Å². The van der Waals surface area contributed by atoms with Crippen LogP contribution in [0, 0.1) is 19.3 Å². The van der Waals surface area contributed by atoms with Gasteiger partial charge in [-0.3, -0.25) is 5.41 Å². The van der Waals surface area contributed by atoms with Crippen molar-refractivity contribution in [3.05, 3.63) is 46.6 Å². The molecule has 1 aliphatic rings. The molecule has 0 spiro atoms. The molecule has 0 unspecified atom stereocenters. The zero-order valence-electron chi connectivity index (χ0n) is 20.0. The van der Waals surface area contributed by atoms with Crippen molar-refractivity contribution in [2.75, 3.05) is 18.0 Å². The second-order valence-electron chi connectivity index (χ2n) is 8.96. The average Bonchev–Trinajstić information content (AvgIpc) is 3.10. The summed E-state index contributed by atoms with van der Waals surface area (Å²) in [4.78, 5) is 11.1. The van der Waals surface area contributed by atoms with E-state index < -0.39 is 23.1 Å². The number of rotatable bonds is 3. The highest BCUT2D eigenvalue weighted by atomic mass is 19.4. The molecule has 6 N–H and O–H groups in total. The summed E-state index contributed by atoms with van der Waals surface area (Å²) >= 11 is 0. The molecule has 188 valence electrons. The Bertz CT molecular complexity index is 1190. The second-order valence-corrected chi connectivity index (χ2v) is 8.96. The van der Waals surface area contributed by atoms with E-state index in [-0.39, 0.29) is 17.3 Å². The summed E-state index contributed by atoms with van der Waals surface area (Å²) in [7, 11) is 0. The molecule has 3 aromatic heterocycles. The van der Waals surface area contributed by atoms with Crippen molar-refractivity contribution in [1.82, 2.24) is 25.4 Å². The van der Waals surface area contributed by atoms with Gasteiger partial charge in [-0.2, -0.15) is 13.2 Å². The summed E-state index contributed by atoms with van der Waals surface area (Å²) in [5, 5.41) is 15.4. The van der Waals surface area contributed by atoms with Crippen LogP contribution in [-0.2, 0) is 6.18 Å². The number of pyridine rings is 1. The number of alkyl halides is 3. The molecule has 1 fully saturated rings. The molecule has 0 radical (unpaired) electrons. The van der Waals surface area contributed by atoms with Gasteiger partial charge in [-0.1, -0.05) is 11.6 Å². The second kappa shape index (κ2) is 9.98. The van der Waals surface area contributed by atoms with Gasteiger partial charge in [0.1, 0.15) is 22.8 Å². The van der Waals surface area contributed by atoms with Gasteiger partial charge in [-0.05, 0) is 59.2 Å². The molecule has 35 heavy (non-hydrogen) atoms. The summed E-state index contributed by atoms with van der Waals surface area (Å²) < 4.78 is 44.7. The number of anilines is 2. The number of hydrogen-bond donors (Lipinski definition) is 4. The lowest BCUT2D eigenvalue weighted by Gasteiger charge is -2.30. The minimum Gasteiger partial charge on any atom is -0.383 e. The van der Waals surface area contributed by atoms with E-state index in [9.17, 15) is 13.2 Å². The van der Waals surface area contributed by atoms with E-state index in [1.807, 2.05) is 0 Å². The molecule has 0 atom stereocenters. The van der Waals surface area contributed by atoms with Gasteiger partial charge in [0.2, 0.25) is 5.95 Å². The monoisotopic (exact) mass is 490 g/mol. The molecule has 3 aromatic rings. The third-order valence-corrected chi connectivity index (χ3v) is 5.67. The Morgan fingerprint density at radius 1 is 1.14 bits per heavy atom. The Balaban J connectivity index is 0.000000363. The predicted octanol–water partition coefficient (Wildman–Crippen LogP) is 4.28. The number of halogens is 3. The van der Waals surface area contributed by atoms with Gasteiger partial charge < -0.3 is 21.3 Å². The molecule has 0 aliphatic carbocycles. The van der Waals surface area contributed by atoms with Crippen molar-refractivity contribution in [2.45, 2.75) is 58.7 Å². The lowest BCUT2D eigenvalue weighted by molar-refractivity contribution is -0.138. The fourth-order valence-electron chi connectivity index (χ4n) is 3.80. The van der Waals surface area contributed by atoms with Crippen molar-refractivity contribution in [1.29, 1.82) is 5.41 Å². The number of aryl methyl sites for hydroxylation is 2. The first kappa shape index (κ1) is 26.1. The summed E-state index contributed by atoms with van der Waals surface area (Å²) in [6.07, 6.45) is -0.112. The number of aromatic nitrogens is 4. The molecule has 0 amide bonds. The van der Waals surface area contributed by atoms with Crippen molar-refractivity contribution in [3.63, 3.8) is 0 Å². The van der Waals surface area contributed by atoms with Gasteiger partial charge >= 0.3 is 6.18 Å². The van der Waals surface area contributed by atoms with E-state index in [0.29, 0.717) is 34.4 Å². The molecule has 1 saturated heterocycles. The number of piperidine rings is 1. The summed E-state index contributed by atoms with van der Waals surface area (Å²) in [6.45, 7) is 9.17. The minimum atomic E-state index is -4.76. The molecule has 9 nitrogen and oxygen atoms in total. The van der Waals surface area contributed by atoms with E-state index in [0.717, 1.165) is 0 Å². The highest BCUT2D eigenvalue weighted by Crippen LogP contribution is 2.33. The highest BCUT2D eigenvalue weighted by Gasteiger charge is 2.36. The largest absolute Gasteiger partial charge is 0.420 e. The van der Waals surface area contributed by atoms with E-state index in [1.165, 1.54) is 37.9 Å². The number of nitrogens with one attached hydrogen (secondary N) is 2. The average molecular weight is 491 g/mol. The fourth-order valence-corrected chi connectivity index (χ4v) is 3.80. The van der Waals surface area contributed by atoms with Crippen molar-refractivity contribution in [3.8, 4) is 11.3 Å². The smallest absolute Gasteiger partial charge is 0.383 e. The number of nitrogens with two attached hydrogens (primary N) is 2. The lowest BCUT2D eigenvalue weighted by Crippen LogP contribution is -2.42. The quantitative estimate of drug-likeness (QED) is 0.397. The molecule has 4 heterocycles. The first-order chi connectivity index (χ1) is 16.3. The fraction of sp³-hybridized carbons (Fsp3) is 0.435. The van der Waals surface area contributed by atoms with Crippen molar-refractivity contribution in [2.24, 2.45) is 0 Å². The Labute approximate surface area is 201 Å². The SMILES string of the molecule is CC1(C)CCCCN1.Cc1noc(C)c1-c1ccc(C(=N)c2nc(N)ncc2C(F)(F)F)c(N)n1. The first-order valence-corrected chi connectivity index (χ1v) is 11.0. The molecule has 0 aromatic carbocycles. The van der Waals surface area contributed by atoms with E-state index in [2.05, 4.69) is 39.3 Å². The van der Waals surface area contributed by atoms with Crippen LogP contribution >= 0.6 is 0 Å². The van der Waals surface area contributed by atoms with Gasteiger partial charge in [-0.25, -0.2) is 15.0 Å². The van der Waals surface area contributed by atoms with Crippen LogP contribution in [0.4, 0.5) is 24.9 Å². The van der Waals surface area contributed by atoms with Gasteiger partial charge in [0.15, 0.2) is 0 Å². The third kappa shape index (κ3) is 6.13. The first-order valence-electron chi connectivity index (χ1n) is 11.0. The molecule has 12 heteroatoms. The minimum absolute atomic E-state index is 0.0193. The van der Waals surface area contributed by atoms with Crippen LogP contribution in [-0.4, -0.2) is 37.9 Å². The normalized spacial score (nSPS) is 15.3. The molecule has 0 bridgehead atoms. The topological polar surface area (TPSA) is 153 Å². The van der Waals surface area contributed by atoms with Crippen LogP contribution in [0.5, 0.6) is 0 Å². The maximum absolute atomic E-state index is 13.2. The summed E-state index contributed by atoms with van der Waals surface area (Å²) in [6, 6.07) is 2.91. The van der Waals surface area contributed by atoms with Crippen LogP contribution in [0.25, 0.3) is 11.3 Å². The van der Waals surface area contributed by atoms with Gasteiger partial charge in [0.05, 0.1) is 22.7 Å². The van der Waals surface area contributed by atoms with Crippen molar-refractivity contribution >= 4 is 17.5 Å². The Kier molecular flexibility index (Phi) is 7.44. The van der Waals surface area contributed by atoms with Gasteiger partial charge in [0.25, 0.3) is 0 Å². The maximum Gasteiger partial charge on any atom is 0.420 e. The van der Waals surface area contributed by atoms with Crippen molar-refractivity contribution < 1.29 is 17.7 Å². The maximum atomic E-state index is 13.2. The predicted molar refractivity (Wildman–Crippen MR) is 127 cm³/mol. The zero-order chi connectivity index (χ0) is 26.0. The highest BCUT2D eigenvalue weighted by molar-refractivity contribution is 6.13. The van der Waals surface area contributed by atoms with Crippen LogP contribution in [0.1, 0.15) is 61.4 Å². The molecule has 0 saturated carbocycles. The zero-order valence-corrected chi connectivity index (χ0v) is 20.0. The van der Waals surface area contributed by atoms with Gasteiger partial charge in [0, 0.05) is 17.3 Å². The standard InChI is InChI=1S/C16H14F3N7O.C7H15N/c1-6-11(7(2)27-26-6)10-4-3-8(14(21)24-10)12(20)13-9(16(17,18)19)5-23-15(22)25-13;1-7(2)5-3-4-6-8-7/h3-5,20H,1-2H3,(H2,21,24)(H2,22,23,25);8H,3-6H2,1-2H3. The van der Waals surface area contributed by atoms with Crippen LogP contribution in [0.2, 0.25) is 0 Å². The third-order valence-electron chi connectivity index (χ3n) is 5.67. The Morgan fingerprint density at radius 3 is 2.34 bits per heavy atom. The molecular weight excluding hydrogens is 461 g/mol. The summed E-state index contributed by atoms with van der Waals surface area (Å²) in [5.41, 5.74) is 10.9.